The number of esters is 1. The van der Waals surface area contributed by atoms with E-state index in [1.54, 1.807) is 32.6 Å². The minimum Gasteiger partial charge on any atom is -0.466 e. The van der Waals surface area contributed by atoms with Crippen LogP contribution >= 0.6 is 0 Å². The zero-order chi connectivity index (χ0) is 29.4. The summed E-state index contributed by atoms with van der Waals surface area (Å²) in [6, 6.07) is 4.75. The first-order chi connectivity index (χ1) is 18.4. The van der Waals surface area contributed by atoms with E-state index in [0.717, 1.165) is 49.7 Å². The lowest BCUT2D eigenvalue weighted by Gasteiger charge is -2.33. The first-order valence-corrected chi connectivity index (χ1v) is 14.2. The van der Waals surface area contributed by atoms with Gasteiger partial charge in [-0.1, -0.05) is 57.2 Å². The van der Waals surface area contributed by atoms with Crippen LogP contribution in [0, 0.1) is 13.8 Å². The summed E-state index contributed by atoms with van der Waals surface area (Å²) in [4.78, 5) is 52.8. The number of benzene rings is 1. The molecule has 220 valence electrons. The predicted octanol–water partition coefficient (Wildman–Crippen LogP) is 5.13. The standard InChI is InChI=1S/C30H49N3O6/c1-8-10-11-12-13-14-20-33(25(34)21-32-29(37)39-30(5,6)7)27(24-17-15-16-22(3)23(24)4)28(36)31-19-18-26(35)38-9-2/h15-17,27H,8-14,18-21H2,1-7H3,(H,31,36)(H,32,37). The van der Waals surface area contributed by atoms with E-state index >= 15 is 0 Å². The molecule has 3 amide bonds. The molecule has 0 aliphatic heterocycles. The second-order valence-electron chi connectivity index (χ2n) is 10.7. The summed E-state index contributed by atoms with van der Waals surface area (Å²) in [6.07, 6.45) is 5.46. The highest BCUT2D eigenvalue weighted by Crippen LogP contribution is 2.27. The molecule has 0 aliphatic carbocycles. The third-order valence-corrected chi connectivity index (χ3v) is 6.29. The van der Waals surface area contributed by atoms with Crippen LogP contribution in [-0.2, 0) is 23.9 Å². The Hall–Kier alpha value is -3.10. The van der Waals surface area contributed by atoms with Gasteiger partial charge in [-0.2, -0.15) is 0 Å². The zero-order valence-electron chi connectivity index (χ0n) is 25.0. The largest absolute Gasteiger partial charge is 0.466 e. The number of carbonyl (C=O) groups is 4. The van der Waals surface area contributed by atoms with E-state index in [1.165, 1.54) is 0 Å². The lowest BCUT2D eigenvalue weighted by atomic mass is 9.95. The third-order valence-electron chi connectivity index (χ3n) is 6.29. The highest BCUT2D eigenvalue weighted by Gasteiger charge is 2.32. The number of aryl methyl sites for hydroxylation is 1. The number of nitrogens with zero attached hydrogens (tertiary/aromatic N) is 1. The number of alkyl carbamates (subject to hydrolysis) is 1. The molecule has 2 N–H and O–H groups in total. The van der Waals surface area contributed by atoms with Crippen molar-refractivity contribution in [2.45, 2.75) is 105 Å². The van der Waals surface area contributed by atoms with Crippen molar-refractivity contribution < 1.29 is 28.7 Å². The van der Waals surface area contributed by atoms with Crippen LogP contribution in [0.1, 0.15) is 102 Å². The quantitative estimate of drug-likeness (QED) is 0.219. The number of hydrogen-bond donors (Lipinski definition) is 2. The SMILES string of the molecule is CCCCCCCCN(C(=O)CNC(=O)OC(C)(C)C)C(C(=O)NCCC(=O)OCC)c1cccc(C)c1C. The number of nitrogens with one attached hydrogen (secondary N) is 2. The first kappa shape index (κ1) is 33.9. The van der Waals surface area contributed by atoms with Crippen molar-refractivity contribution in [3.05, 3.63) is 34.9 Å². The Labute approximate surface area is 234 Å². The summed E-state index contributed by atoms with van der Waals surface area (Å²) in [6.45, 7) is 13.4. The summed E-state index contributed by atoms with van der Waals surface area (Å²) in [5.41, 5.74) is 1.91. The Kier molecular flexibility index (Phi) is 15.2. The van der Waals surface area contributed by atoms with E-state index in [4.69, 9.17) is 9.47 Å². The van der Waals surface area contributed by atoms with Crippen molar-refractivity contribution in [3.63, 3.8) is 0 Å². The van der Waals surface area contributed by atoms with Gasteiger partial charge >= 0.3 is 12.1 Å². The molecule has 0 heterocycles. The van der Waals surface area contributed by atoms with Crippen LogP contribution in [0.25, 0.3) is 0 Å². The van der Waals surface area contributed by atoms with Gasteiger partial charge < -0.3 is 25.0 Å². The highest BCUT2D eigenvalue weighted by atomic mass is 16.6. The number of hydrogen-bond acceptors (Lipinski definition) is 6. The van der Waals surface area contributed by atoms with E-state index < -0.39 is 23.7 Å². The van der Waals surface area contributed by atoms with Crippen LogP contribution < -0.4 is 10.6 Å². The zero-order valence-corrected chi connectivity index (χ0v) is 25.0. The molecule has 0 radical (unpaired) electrons. The normalized spacial score (nSPS) is 11.9. The average molecular weight is 548 g/mol. The molecule has 39 heavy (non-hydrogen) atoms. The monoisotopic (exact) mass is 547 g/mol. The maximum atomic E-state index is 13.6. The van der Waals surface area contributed by atoms with Gasteiger partial charge in [-0.3, -0.25) is 14.4 Å². The van der Waals surface area contributed by atoms with Crippen LogP contribution in [0.15, 0.2) is 18.2 Å². The van der Waals surface area contributed by atoms with Crippen LogP contribution in [0.2, 0.25) is 0 Å². The van der Waals surface area contributed by atoms with Crippen LogP contribution in [0.4, 0.5) is 4.79 Å². The molecule has 0 aliphatic rings. The van der Waals surface area contributed by atoms with Gasteiger partial charge in [0.1, 0.15) is 18.2 Å². The Bertz CT molecular complexity index is 941. The fraction of sp³-hybridized carbons (Fsp3) is 0.667. The maximum absolute atomic E-state index is 13.6. The Morgan fingerprint density at radius 2 is 1.62 bits per heavy atom. The van der Waals surface area contributed by atoms with Crippen molar-refractivity contribution in [2.24, 2.45) is 0 Å². The molecule has 0 saturated carbocycles. The number of ether oxygens (including phenoxy) is 2. The fourth-order valence-corrected chi connectivity index (χ4v) is 4.16. The van der Waals surface area contributed by atoms with Crippen molar-refractivity contribution in [3.8, 4) is 0 Å². The van der Waals surface area contributed by atoms with E-state index in [9.17, 15) is 19.2 Å². The summed E-state index contributed by atoms with van der Waals surface area (Å²) >= 11 is 0. The van der Waals surface area contributed by atoms with Gasteiger partial charge in [0.2, 0.25) is 11.8 Å². The molecular weight excluding hydrogens is 498 g/mol. The van der Waals surface area contributed by atoms with E-state index in [-0.39, 0.29) is 37.9 Å². The molecule has 1 rings (SSSR count). The summed E-state index contributed by atoms with van der Waals surface area (Å²) < 4.78 is 10.2. The number of carbonyl (C=O) groups excluding carboxylic acids is 4. The molecule has 0 spiro atoms. The second kappa shape index (κ2) is 17.5. The molecule has 0 saturated heterocycles. The van der Waals surface area contributed by atoms with Crippen molar-refractivity contribution >= 4 is 23.9 Å². The van der Waals surface area contributed by atoms with Gasteiger partial charge in [0, 0.05) is 13.1 Å². The lowest BCUT2D eigenvalue weighted by Crippen LogP contribution is -2.48. The maximum Gasteiger partial charge on any atom is 0.408 e. The molecule has 1 aromatic rings. The average Bonchev–Trinajstić information content (AvgIpc) is 2.85. The van der Waals surface area contributed by atoms with Gasteiger partial charge in [-0.25, -0.2) is 4.79 Å². The van der Waals surface area contributed by atoms with E-state index in [2.05, 4.69) is 17.6 Å². The van der Waals surface area contributed by atoms with Crippen LogP contribution in [0.5, 0.6) is 0 Å². The first-order valence-electron chi connectivity index (χ1n) is 14.2. The molecule has 0 fully saturated rings. The number of unbranched alkanes of at least 4 members (excludes halogenated alkanes) is 5. The van der Waals surface area contributed by atoms with Gasteiger partial charge in [0.05, 0.1) is 13.0 Å². The minimum absolute atomic E-state index is 0.0324. The topological polar surface area (TPSA) is 114 Å². The summed E-state index contributed by atoms with van der Waals surface area (Å²) in [5, 5.41) is 5.36. The van der Waals surface area contributed by atoms with Crippen molar-refractivity contribution in [1.82, 2.24) is 15.5 Å². The van der Waals surface area contributed by atoms with Gasteiger partial charge in [-0.05, 0) is 64.7 Å². The van der Waals surface area contributed by atoms with Crippen molar-refractivity contribution in [2.75, 3.05) is 26.2 Å². The Balaban J connectivity index is 3.22. The van der Waals surface area contributed by atoms with E-state index in [1.807, 2.05) is 32.0 Å². The molecule has 9 heteroatoms. The fourth-order valence-electron chi connectivity index (χ4n) is 4.16. The molecule has 0 bridgehead atoms. The van der Waals surface area contributed by atoms with Crippen molar-refractivity contribution in [1.29, 1.82) is 0 Å². The smallest absolute Gasteiger partial charge is 0.408 e. The lowest BCUT2D eigenvalue weighted by molar-refractivity contribution is -0.143. The molecular formula is C30H49N3O6. The minimum atomic E-state index is -0.921. The number of amides is 3. The van der Waals surface area contributed by atoms with Crippen LogP contribution in [-0.4, -0.2) is 60.6 Å². The molecule has 1 atom stereocenters. The molecule has 1 unspecified atom stereocenters. The third kappa shape index (κ3) is 13.0. The molecule has 1 aromatic carbocycles. The highest BCUT2D eigenvalue weighted by molar-refractivity contribution is 5.91. The van der Waals surface area contributed by atoms with E-state index in [0.29, 0.717) is 12.1 Å². The summed E-state index contributed by atoms with van der Waals surface area (Å²) in [5.74, 6) is -1.17. The second-order valence-corrected chi connectivity index (χ2v) is 10.7. The Morgan fingerprint density at radius 3 is 2.26 bits per heavy atom. The van der Waals surface area contributed by atoms with Crippen LogP contribution in [0.3, 0.4) is 0 Å². The Morgan fingerprint density at radius 1 is 0.949 bits per heavy atom. The molecule has 0 aromatic heterocycles. The predicted molar refractivity (Wildman–Crippen MR) is 152 cm³/mol. The number of rotatable bonds is 16. The van der Waals surface area contributed by atoms with Gasteiger partial charge in [-0.15, -0.1) is 0 Å². The summed E-state index contributed by atoms with van der Waals surface area (Å²) in [7, 11) is 0. The van der Waals surface area contributed by atoms with Gasteiger partial charge in [0.15, 0.2) is 0 Å². The molecule has 9 nitrogen and oxygen atoms in total. The van der Waals surface area contributed by atoms with Gasteiger partial charge in [0.25, 0.3) is 0 Å².